The molecule has 0 fully saturated rings. The zero-order valence-corrected chi connectivity index (χ0v) is 10.6. The van der Waals surface area contributed by atoms with E-state index in [0.717, 1.165) is 6.42 Å². The fourth-order valence-corrected chi connectivity index (χ4v) is 3.50. The Kier molecular flexibility index (Phi) is 4.04. The second-order valence-corrected chi connectivity index (χ2v) is 5.50. The van der Waals surface area contributed by atoms with Gasteiger partial charge in [-0.25, -0.2) is 4.98 Å². The van der Waals surface area contributed by atoms with Crippen molar-refractivity contribution in [2.24, 2.45) is 5.73 Å². The van der Waals surface area contributed by atoms with Crippen LogP contribution < -0.4 is 5.73 Å². The number of hydrogen-bond acceptors (Lipinski definition) is 5. The summed E-state index contributed by atoms with van der Waals surface area (Å²) in [5, 5.41) is 2.98. The van der Waals surface area contributed by atoms with Gasteiger partial charge in [0.25, 0.3) is 5.22 Å². The second-order valence-electron chi connectivity index (χ2n) is 3.42. The third-order valence-corrected chi connectivity index (χ3v) is 4.69. The molecule has 2 unspecified atom stereocenters. The van der Waals surface area contributed by atoms with Crippen LogP contribution >= 0.6 is 23.1 Å². The van der Waals surface area contributed by atoms with Crippen molar-refractivity contribution < 1.29 is 4.42 Å². The van der Waals surface area contributed by atoms with Crippen LogP contribution in [-0.4, -0.2) is 11.0 Å². The van der Waals surface area contributed by atoms with Gasteiger partial charge in [0.15, 0.2) is 0 Å². The lowest BCUT2D eigenvalue weighted by molar-refractivity contribution is 0.451. The van der Waals surface area contributed by atoms with Crippen molar-refractivity contribution in [1.29, 1.82) is 0 Å². The van der Waals surface area contributed by atoms with E-state index < -0.39 is 0 Å². The molecule has 0 saturated heterocycles. The molecule has 0 bridgehead atoms. The molecule has 0 aromatic carbocycles. The van der Waals surface area contributed by atoms with E-state index in [9.17, 15) is 0 Å². The molecule has 0 aliphatic heterocycles. The summed E-state index contributed by atoms with van der Waals surface area (Å²) in [6, 6.07) is 4.28. The molecule has 2 heterocycles. The SMILES string of the molecule is CCC(N)C(Sc1ncco1)c1cccs1. The van der Waals surface area contributed by atoms with E-state index in [-0.39, 0.29) is 11.3 Å². The lowest BCUT2D eigenvalue weighted by Gasteiger charge is -2.19. The van der Waals surface area contributed by atoms with Crippen molar-refractivity contribution >= 4 is 23.1 Å². The first kappa shape index (κ1) is 11.7. The molecule has 0 aliphatic carbocycles. The highest BCUT2D eigenvalue weighted by Crippen LogP contribution is 2.39. The number of nitrogens with two attached hydrogens (primary N) is 1. The molecule has 2 aromatic rings. The lowest BCUT2D eigenvalue weighted by atomic mass is 10.1. The molecule has 2 N–H and O–H groups in total. The largest absolute Gasteiger partial charge is 0.440 e. The van der Waals surface area contributed by atoms with Crippen LogP contribution in [0.3, 0.4) is 0 Å². The van der Waals surface area contributed by atoms with Gasteiger partial charge in [-0.2, -0.15) is 0 Å². The molecule has 0 radical (unpaired) electrons. The van der Waals surface area contributed by atoms with Gasteiger partial charge in [0.05, 0.1) is 11.4 Å². The van der Waals surface area contributed by atoms with Gasteiger partial charge in [0.1, 0.15) is 6.26 Å². The van der Waals surface area contributed by atoms with Crippen molar-refractivity contribution in [1.82, 2.24) is 4.98 Å². The number of aromatic nitrogens is 1. The molecular formula is C11H14N2OS2. The third-order valence-electron chi connectivity index (χ3n) is 2.32. The minimum atomic E-state index is 0.121. The van der Waals surface area contributed by atoms with Crippen LogP contribution in [-0.2, 0) is 0 Å². The predicted molar refractivity (Wildman–Crippen MR) is 67.7 cm³/mol. The predicted octanol–water partition coefficient (Wildman–Crippen LogP) is 3.31. The first-order valence-electron chi connectivity index (χ1n) is 5.16. The van der Waals surface area contributed by atoms with Gasteiger partial charge >= 0.3 is 0 Å². The Balaban J connectivity index is 2.15. The first-order valence-corrected chi connectivity index (χ1v) is 6.92. The summed E-state index contributed by atoms with van der Waals surface area (Å²) in [5.74, 6) is 0. The van der Waals surface area contributed by atoms with E-state index in [2.05, 4.69) is 23.4 Å². The Labute approximate surface area is 103 Å². The van der Waals surface area contributed by atoms with Crippen LogP contribution in [0.4, 0.5) is 0 Å². The van der Waals surface area contributed by atoms with Crippen LogP contribution in [0.1, 0.15) is 23.5 Å². The highest BCUT2D eigenvalue weighted by molar-refractivity contribution is 7.99. The number of thiophene rings is 1. The summed E-state index contributed by atoms with van der Waals surface area (Å²) in [6.45, 7) is 2.10. The normalized spacial score (nSPS) is 14.9. The number of rotatable bonds is 5. The minimum absolute atomic E-state index is 0.121. The third kappa shape index (κ3) is 2.66. The number of oxazole rings is 1. The van der Waals surface area contributed by atoms with E-state index in [0.29, 0.717) is 5.22 Å². The number of nitrogens with zero attached hydrogens (tertiary/aromatic N) is 1. The average Bonchev–Trinajstić information content (AvgIpc) is 2.97. The maximum absolute atomic E-state index is 6.14. The second kappa shape index (κ2) is 5.52. The Hall–Kier alpha value is -0.780. The van der Waals surface area contributed by atoms with E-state index in [1.165, 1.54) is 4.88 Å². The standard InChI is InChI=1S/C11H14N2OS2/c1-2-8(12)10(9-4-3-7-15-9)16-11-13-5-6-14-11/h3-8,10H,2,12H2,1H3. The van der Waals surface area contributed by atoms with Gasteiger partial charge in [-0.1, -0.05) is 24.8 Å². The van der Waals surface area contributed by atoms with E-state index >= 15 is 0 Å². The van der Waals surface area contributed by atoms with E-state index in [1.54, 1.807) is 35.6 Å². The smallest absolute Gasteiger partial charge is 0.256 e. The summed E-state index contributed by atoms with van der Waals surface area (Å²) < 4.78 is 5.26. The Morgan fingerprint density at radius 2 is 2.50 bits per heavy atom. The van der Waals surface area contributed by atoms with Crippen LogP contribution in [0.15, 0.2) is 39.6 Å². The number of thioether (sulfide) groups is 1. The summed E-state index contributed by atoms with van der Waals surface area (Å²) in [7, 11) is 0. The fourth-order valence-electron chi connectivity index (χ4n) is 1.40. The monoisotopic (exact) mass is 254 g/mol. The molecule has 16 heavy (non-hydrogen) atoms. The fraction of sp³-hybridized carbons (Fsp3) is 0.364. The van der Waals surface area contributed by atoms with Crippen LogP contribution in [0.25, 0.3) is 0 Å². The van der Waals surface area contributed by atoms with Crippen LogP contribution in [0.5, 0.6) is 0 Å². The van der Waals surface area contributed by atoms with Gasteiger partial charge in [-0.3, -0.25) is 0 Å². The topological polar surface area (TPSA) is 52.0 Å². The Bertz CT molecular complexity index is 400. The molecule has 0 spiro atoms. The van der Waals surface area contributed by atoms with Gasteiger partial charge in [0.2, 0.25) is 0 Å². The molecule has 3 nitrogen and oxygen atoms in total. The first-order chi connectivity index (χ1) is 7.81. The van der Waals surface area contributed by atoms with E-state index in [1.807, 2.05) is 6.07 Å². The number of hydrogen-bond donors (Lipinski definition) is 1. The van der Waals surface area contributed by atoms with Crippen molar-refractivity contribution in [2.75, 3.05) is 0 Å². The van der Waals surface area contributed by atoms with Crippen molar-refractivity contribution in [2.45, 2.75) is 29.9 Å². The van der Waals surface area contributed by atoms with Gasteiger partial charge < -0.3 is 10.2 Å². The minimum Gasteiger partial charge on any atom is -0.440 e. The molecule has 0 amide bonds. The van der Waals surface area contributed by atoms with Gasteiger partial charge in [-0.15, -0.1) is 11.3 Å². The maximum atomic E-state index is 6.14. The Morgan fingerprint density at radius 3 is 3.06 bits per heavy atom. The molecule has 2 atom stereocenters. The van der Waals surface area contributed by atoms with Crippen LogP contribution in [0.2, 0.25) is 0 Å². The van der Waals surface area contributed by atoms with Crippen molar-refractivity contribution in [3.05, 3.63) is 34.8 Å². The lowest BCUT2D eigenvalue weighted by Crippen LogP contribution is -2.25. The summed E-state index contributed by atoms with van der Waals surface area (Å²) in [5.41, 5.74) is 6.14. The van der Waals surface area contributed by atoms with E-state index in [4.69, 9.17) is 10.2 Å². The van der Waals surface area contributed by atoms with Gasteiger partial charge in [-0.05, 0) is 17.9 Å². The van der Waals surface area contributed by atoms with Crippen LogP contribution in [0, 0.1) is 0 Å². The molecule has 5 heteroatoms. The quantitative estimate of drug-likeness (QED) is 0.832. The highest BCUT2D eigenvalue weighted by Gasteiger charge is 2.22. The molecule has 86 valence electrons. The molecule has 2 rings (SSSR count). The average molecular weight is 254 g/mol. The molecule has 0 saturated carbocycles. The molecular weight excluding hydrogens is 240 g/mol. The maximum Gasteiger partial charge on any atom is 0.256 e. The van der Waals surface area contributed by atoms with Crippen molar-refractivity contribution in [3.8, 4) is 0 Å². The Morgan fingerprint density at radius 1 is 1.62 bits per heavy atom. The van der Waals surface area contributed by atoms with Gasteiger partial charge in [0, 0.05) is 10.9 Å². The summed E-state index contributed by atoms with van der Waals surface area (Å²) >= 11 is 3.32. The molecule has 2 aromatic heterocycles. The van der Waals surface area contributed by atoms with Crippen molar-refractivity contribution in [3.63, 3.8) is 0 Å². The highest BCUT2D eigenvalue weighted by atomic mass is 32.2. The summed E-state index contributed by atoms with van der Waals surface area (Å²) in [4.78, 5) is 5.40. The zero-order valence-electron chi connectivity index (χ0n) is 9.00. The molecule has 0 aliphatic rings. The zero-order chi connectivity index (χ0) is 11.4. The summed E-state index contributed by atoms with van der Waals surface area (Å²) in [6.07, 6.45) is 4.19.